The first-order valence-electron chi connectivity index (χ1n) is 7.22. The monoisotopic (exact) mass is 295 g/mol. The maximum Gasteiger partial charge on any atom is 0.327 e. The summed E-state index contributed by atoms with van der Waals surface area (Å²) in [4.78, 5) is 11.7. The first-order chi connectivity index (χ1) is 9.99. The molecule has 5 heteroatoms. The molecule has 1 aromatic rings. The summed E-state index contributed by atoms with van der Waals surface area (Å²) < 4.78 is 15.9. The van der Waals surface area contributed by atoms with E-state index in [4.69, 9.17) is 19.9 Å². The number of rotatable bonds is 8. The van der Waals surface area contributed by atoms with Crippen LogP contribution < -0.4 is 15.2 Å². The van der Waals surface area contributed by atoms with Crippen LogP contribution in [0.25, 0.3) is 0 Å². The third-order valence-electron chi connectivity index (χ3n) is 3.04. The fourth-order valence-electron chi connectivity index (χ4n) is 1.77. The molecule has 0 saturated heterocycles. The Morgan fingerprint density at radius 1 is 1.29 bits per heavy atom. The first kappa shape index (κ1) is 17.3. The molecule has 5 nitrogen and oxygen atoms in total. The highest BCUT2D eigenvalue weighted by molar-refractivity contribution is 5.77. The maximum atomic E-state index is 11.7. The van der Waals surface area contributed by atoms with Gasteiger partial charge in [-0.25, -0.2) is 4.79 Å². The molecule has 21 heavy (non-hydrogen) atoms. The molecule has 0 heterocycles. The van der Waals surface area contributed by atoms with E-state index in [1.807, 2.05) is 0 Å². The van der Waals surface area contributed by atoms with E-state index in [2.05, 4.69) is 13.8 Å². The topological polar surface area (TPSA) is 70.8 Å². The average molecular weight is 295 g/mol. The van der Waals surface area contributed by atoms with Crippen LogP contribution in [0.1, 0.15) is 38.8 Å². The third-order valence-corrected chi connectivity index (χ3v) is 3.04. The van der Waals surface area contributed by atoms with E-state index >= 15 is 0 Å². The van der Waals surface area contributed by atoms with Gasteiger partial charge in [0.25, 0.3) is 0 Å². The molecule has 1 atom stereocenters. The predicted octanol–water partition coefficient (Wildman–Crippen LogP) is 2.68. The van der Waals surface area contributed by atoms with Crippen molar-refractivity contribution in [2.45, 2.75) is 33.2 Å². The number of ether oxygens (including phenoxy) is 3. The Morgan fingerprint density at radius 2 is 2.00 bits per heavy atom. The normalized spacial score (nSPS) is 12.1. The van der Waals surface area contributed by atoms with Crippen LogP contribution in [0.5, 0.6) is 11.5 Å². The number of methoxy groups -OCH3 is 1. The van der Waals surface area contributed by atoms with E-state index in [0.717, 1.165) is 6.42 Å². The van der Waals surface area contributed by atoms with Crippen molar-refractivity contribution in [3.8, 4) is 11.5 Å². The fraction of sp³-hybridized carbons (Fsp3) is 0.562. The zero-order chi connectivity index (χ0) is 15.8. The highest BCUT2D eigenvalue weighted by atomic mass is 16.5. The Hall–Kier alpha value is -1.75. The van der Waals surface area contributed by atoms with Gasteiger partial charge in [-0.05, 0) is 37.0 Å². The predicted molar refractivity (Wildman–Crippen MR) is 81.5 cm³/mol. The van der Waals surface area contributed by atoms with Gasteiger partial charge in [0, 0.05) is 0 Å². The van der Waals surface area contributed by atoms with Gasteiger partial charge >= 0.3 is 5.97 Å². The Morgan fingerprint density at radius 3 is 2.57 bits per heavy atom. The number of hydrogen-bond donors (Lipinski definition) is 1. The van der Waals surface area contributed by atoms with E-state index in [9.17, 15) is 4.79 Å². The van der Waals surface area contributed by atoms with Gasteiger partial charge in [0.2, 0.25) is 0 Å². The standard InChI is InChI=1S/C16H25NO4/c1-5-20-16(18)15(17)12-6-7-13(14(10-12)19-4)21-9-8-11(2)3/h6-7,10-11,15H,5,8-9,17H2,1-4H3. The molecule has 0 saturated carbocycles. The second-order valence-corrected chi connectivity index (χ2v) is 5.17. The molecule has 0 spiro atoms. The van der Waals surface area contributed by atoms with Crippen LogP contribution in [0.15, 0.2) is 18.2 Å². The van der Waals surface area contributed by atoms with E-state index in [0.29, 0.717) is 36.2 Å². The number of nitrogens with two attached hydrogens (primary N) is 1. The molecule has 2 N–H and O–H groups in total. The minimum atomic E-state index is -0.816. The van der Waals surface area contributed by atoms with Crippen LogP contribution in [0, 0.1) is 5.92 Å². The van der Waals surface area contributed by atoms with Gasteiger partial charge in [-0.1, -0.05) is 19.9 Å². The molecule has 0 aliphatic carbocycles. The summed E-state index contributed by atoms with van der Waals surface area (Å²) in [7, 11) is 1.56. The van der Waals surface area contributed by atoms with Gasteiger partial charge in [0.15, 0.2) is 11.5 Å². The molecular formula is C16H25NO4. The Labute approximate surface area is 126 Å². The summed E-state index contributed by atoms with van der Waals surface area (Å²) in [6.07, 6.45) is 0.966. The summed E-state index contributed by atoms with van der Waals surface area (Å²) in [5.41, 5.74) is 6.51. The smallest absolute Gasteiger partial charge is 0.327 e. The number of carbonyl (C=O) groups is 1. The summed E-state index contributed by atoms with van der Waals surface area (Å²) in [6, 6.07) is 4.43. The molecular weight excluding hydrogens is 270 g/mol. The van der Waals surface area contributed by atoms with Gasteiger partial charge in [0.1, 0.15) is 6.04 Å². The van der Waals surface area contributed by atoms with Crippen molar-refractivity contribution < 1.29 is 19.0 Å². The van der Waals surface area contributed by atoms with Crippen LogP contribution in [0.3, 0.4) is 0 Å². The van der Waals surface area contributed by atoms with Crippen molar-refractivity contribution >= 4 is 5.97 Å². The number of esters is 1. The Balaban J connectivity index is 2.80. The van der Waals surface area contributed by atoms with E-state index in [-0.39, 0.29) is 0 Å². The molecule has 0 amide bonds. The second kappa shape index (κ2) is 8.52. The van der Waals surface area contributed by atoms with Crippen molar-refractivity contribution in [2.24, 2.45) is 11.7 Å². The summed E-state index contributed by atoms with van der Waals surface area (Å²) >= 11 is 0. The SMILES string of the molecule is CCOC(=O)C(N)c1ccc(OCCC(C)C)c(OC)c1. The zero-order valence-electron chi connectivity index (χ0n) is 13.2. The van der Waals surface area contributed by atoms with Gasteiger partial charge in [-0.2, -0.15) is 0 Å². The maximum absolute atomic E-state index is 11.7. The van der Waals surface area contributed by atoms with Crippen molar-refractivity contribution in [3.63, 3.8) is 0 Å². The Bertz CT molecular complexity index is 460. The molecule has 0 aliphatic rings. The first-order valence-corrected chi connectivity index (χ1v) is 7.22. The lowest BCUT2D eigenvalue weighted by molar-refractivity contribution is -0.144. The molecule has 0 aromatic heterocycles. The fourth-order valence-corrected chi connectivity index (χ4v) is 1.77. The van der Waals surface area contributed by atoms with Gasteiger partial charge in [-0.3, -0.25) is 0 Å². The van der Waals surface area contributed by atoms with Crippen molar-refractivity contribution in [1.29, 1.82) is 0 Å². The van der Waals surface area contributed by atoms with Crippen LogP contribution in [0.2, 0.25) is 0 Å². The molecule has 0 bridgehead atoms. The lowest BCUT2D eigenvalue weighted by Crippen LogP contribution is -2.23. The van der Waals surface area contributed by atoms with Gasteiger partial charge < -0.3 is 19.9 Å². The highest BCUT2D eigenvalue weighted by Gasteiger charge is 2.19. The van der Waals surface area contributed by atoms with Crippen molar-refractivity contribution in [2.75, 3.05) is 20.3 Å². The summed E-state index contributed by atoms with van der Waals surface area (Å²) in [6.45, 7) is 6.96. The lowest BCUT2D eigenvalue weighted by atomic mass is 10.1. The quantitative estimate of drug-likeness (QED) is 0.747. The van der Waals surface area contributed by atoms with Crippen LogP contribution in [0.4, 0.5) is 0 Å². The number of benzene rings is 1. The van der Waals surface area contributed by atoms with Crippen molar-refractivity contribution in [3.05, 3.63) is 23.8 Å². The summed E-state index contributed by atoms with van der Waals surface area (Å²) in [5.74, 6) is 1.34. The Kier molecular flexibility index (Phi) is 7.02. The van der Waals surface area contributed by atoms with Crippen LogP contribution in [-0.2, 0) is 9.53 Å². The molecule has 118 valence electrons. The molecule has 1 unspecified atom stereocenters. The zero-order valence-corrected chi connectivity index (χ0v) is 13.2. The molecule has 0 radical (unpaired) electrons. The molecule has 0 fully saturated rings. The van der Waals surface area contributed by atoms with Crippen LogP contribution >= 0.6 is 0 Å². The largest absolute Gasteiger partial charge is 0.493 e. The van der Waals surface area contributed by atoms with E-state index in [1.54, 1.807) is 32.2 Å². The highest BCUT2D eigenvalue weighted by Crippen LogP contribution is 2.30. The van der Waals surface area contributed by atoms with Gasteiger partial charge in [0.05, 0.1) is 20.3 Å². The minimum Gasteiger partial charge on any atom is -0.493 e. The summed E-state index contributed by atoms with van der Waals surface area (Å²) in [5, 5.41) is 0. The molecule has 0 aliphatic heterocycles. The average Bonchev–Trinajstić information content (AvgIpc) is 2.46. The third kappa shape index (κ3) is 5.27. The number of hydrogen-bond acceptors (Lipinski definition) is 5. The number of carbonyl (C=O) groups excluding carboxylic acids is 1. The van der Waals surface area contributed by atoms with E-state index < -0.39 is 12.0 Å². The van der Waals surface area contributed by atoms with Crippen LogP contribution in [-0.4, -0.2) is 26.3 Å². The molecule has 1 aromatic carbocycles. The van der Waals surface area contributed by atoms with Crippen molar-refractivity contribution in [1.82, 2.24) is 0 Å². The second-order valence-electron chi connectivity index (χ2n) is 5.17. The lowest BCUT2D eigenvalue weighted by Gasteiger charge is -2.15. The minimum absolute atomic E-state index is 0.306. The molecule has 1 rings (SSSR count). The van der Waals surface area contributed by atoms with E-state index in [1.165, 1.54) is 0 Å². The van der Waals surface area contributed by atoms with Gasteiger partial charge in [-0.15, -0.1) is 0 Å².